The van der Waals surface area contributed by atoms with E-state index in [2.05, 4.69) is 9.71 Å². The van der Waals surface area contributed by atoms with Gasteiger partial charge in [0.25, 0.3) is 0 Å². The maximum absolute atomic E-state index is 12.1. The second kappa shape index (κ2) is 10.0. The Morgan fingerprint density at radius 3 is 2.78 bits per heavy atom. The molecule has 132 valence electrons. The number of halogens is 2. The zero-order chi connectivity index (χ0) is 15.3. The standard InChI is InChI=1S/C13H20N4O3S.2ClH/c14-9-11-3-2-8-17(11)13(18)5-7-16-21(19,20)12-4-1-6-15-10-12;;/h1,4,6,10-11,16H,2-3,5,7-9,14H2;2*1H. The molecule has 2 heterocycles. The quantitative estimate of drug-likeness (QED) is 0.744. The second-order valence-corrected chi connectivity index (χ2v) is 6.72. The van der Waals surface area contributed by atoms with Crippen LogP contribution in [0.15, 0.2) is 29.4 Å². The summed E-state index contributed by atoms with van der Waals surface area (Å²) in [5.74, 6) is -0.0585. The first-order chi connectivity index (χ1) is 10.0. The van der Waals surface area contributed by atoms with Crippen molar-refractivity contribution in [3.05, 3.63) is 24.5 Å². The number of amides is 1. The molecule has 1 aromatic rings. The van der Waals surface area contributed by atoms with Crippen molar-refractivity contribution in [3.8, 4) is 0 Å². The van der Waals surface area contributed by atoms with Crippen LogP contribution >= 0.6 is 24.8 Å². The summed E-state index contributed by atoms with van der Waals surface area (Å²) in [5.41, 5.74) is 5.62. The predicted molar refractivity (Wildman–Crippen MR) is 92.3 cm³/mol. The number of hydrogen-bond acceptors (Lipinski definition) is 5. The van der Waals surface area contributed by atoms with Crippen LogP contribution in [0.2, 0.25) is 0 Å². The number of nitrogens with one attached hydrogen (secondary N) is 1. The van der Waals surface area contributed by atoms with Crippen molar-refractivity contribution in [2.24, 2.45) is 5.73 Å². The maximum atomic E-state index is 12.1. The zero-order valence-electron chi connectivity index (χ0n) is 12.6. The van der Waals surface area contributed by atoms with Gasteiger partial charge >= 0.3 is 0 Å². The van der Waals surface area contributed by atoms with E-state index in [4.69, 9.17) is 5.73 Å². The van der Waals surface area contributed by atoms with Crippen LogP contribution < -0.4 is 10.5 Å². The molecule has 7 nitrogen and oxygen atoms in total. The van der Waals surface area contributed by atoms with Crippen LogP contribution in [0, 0.1) is 0 Å². The normalized spacial score (nSPS) is 17.3. The minimum atomic E-state index is -3.61. The third-order valence-electron chi connectivity index (χ3n) is 3.55. The second-order valence-electron chi connectivity index (χ2n) is 4.96. The Morgan fingerprint density at radius 2 is 2.17 bits per heavy atom. The predicted octanol–water partition coefficient (Wildman–Crippen LogP) is 0.543. The highest BCUT2D eigenvalue weighted by molar-refractivity contribution is 7.89. The lowest BCUT2D eigenvalue weighted by molar-refractivity contribution is -0.131. The number of carbonyl (C=O) groups excluding carboxylic acids is 1. The van der Waals surface area contributed by atoms with Crippen LogP contribution in [0.1, 0.15) is 19.3 Å². The zero-order valence-corrected chi connectivity index (χ0v) is 15.0. The number of nitrogens with two attached hydrogens (primary N) is 1. The molecule has 1 fully saturated rings. The summed E-state index contributed by atoms with van der Waals surface area (Å²) in [7, 11) is -3.61. The molecule has 3 N–H and O–H groups in total. The van der Waals surface area contributed by atoms with Gasteiger partial charge in [0.1, 0.15) is 4.90 Å². The van der Waals surface area contributed by atoms with E-state index in [0.29, 0.717) is 13.1 Å². The minimum Gasteiger partial charge on any atom is -0.338 e. The molecule has 0 radical (unpaired) electrons. The number of aromatic nitrogens is 1. The molecular weight excluding hydrogens is 363 g/mol. The Morgan fingerprint density at radius 1 is 1.43 bits per heavy atom. The average molecular weight is 385 g/mol. The molecule has 0 saturated carbocycles. The van der Waals surface area contributed by atoms with Gasteiger partial charge in [-0.05, 0) is 25.0 Å². The highest BCUT2D eigenvalue weighted by Crippen LogP contribution is 2.17. The van der Waals surface area contributed by atoms with Gasteiger partial charge in [-0.2, -0.15) is 0 Å². The van der Waals surface area contributed by atoms with Gasteiger partial charge in [-0.15, -0.1) is 24.8 Å². The summed E-state index contributed by atoms with van der Waals surface area (Å²) >= 11 is 0. The van der Waals surface area contributed by atoms with Crippen molar-refractivity contribution in [3.63, 3.8) is 0 Å². The molecule has 10 heteroatoms. The lowest BCUT2D eigenvalue weighted by atomic mass is 10.2. The van der Waals surface area contributed by atoms with E-state index in [0.717, 1.165) is 12.8 Å². The van der Waals surface area contributed by atoms with E-state index < -0.39 is 10.0 Å². The third kappa shape index (κ3) is 5.89. The highest BCUT2D eigenvalue weighted by Gasteiger charge is 2.27. The number of pyridine rings is 1. The molecule has 2 rings (SSSR count). The molecule has 1 atom stereocenters. The number of rotatable bonds is 6. The van der Waals surface area contributed by atoms with E-state index in [1.54, 1.807) is 11.0 Å². The van der Waals surface area contributed by atoms with Gasteiger partial charge in [0.15, 0.2) is 0 Å². The number of hydrogen-bond donors (Lipinski definition) is 2. The van der Waals surface area contributed by atoms with Gasteiger partial charge in [0.05, 0.1) is 0 Å². The van der Waals surface area contributed by atoms with Crippen molar-refractivity contribution >= 4 is 40.7 Å². The minimum absolute atomic E-state index is 0. The first-order valence-electron chi connectivity index (χ1n) is 6.94. The van der Waals surface area contributed by atoms with Crippen LogP contribution in [-0.4, -0.2) is 49.9 Å². The van der Waals surface area contributed by atoms with Crippen LogP contribution in [0.25, 0.3) is 0 Å². The van der Waals surface area contributed by atoms with Crippen LogP contribution in [0.4, 0.5) is 0 Å². The number of nitrogens with zero attached hydrogens (tertiary/aromatic N) is 2. The summed E-state index contributed by atoms with van der Waals surface area (Å²) in [6.07, 6.45) is 4.78. The van der Waals surface area contributed by atoms with E-state index in [1.165, 1.54) is 18.5 Å². The third-order valence-corrected chi connectivity index (χ3v) is 4.99. The van der Waals surface area contributed by atoms with Crippen molar-refractivity contribution < 1.29 is 13.2 Å². The Bertz CT molecular complexity index is 586. The monoisotopic (exact) mass is 384 g/mol. The van der Waals surface area contributed by atoms with Crippen molar-refractivity contribution in [1.82, 2.24) is 14.6 Å². The van der Waals surface area contributed by atoms with Crippen molar-refractivity contribution in [2.75, 3.05) is 19.6 Å². The van der Waals surface area contributed by atoms with Gasteiger partial charge in [-0.25, -0.2) is 13.1 Å². The number of sulfonamides is 1. The molecule has 1 aromatic heterocycles. The molecule has 1 unspecified atom stereocenters. The van der Waals surface area contributed by atoms with E-state index in [-0.39, 0.29) is 54.6 Å². The van der Waals surface area contributed by atoms with Gasteiger partial charge in [0, 0.05) is 44.5 Å². The highest BCUT2D eigenvalue weighted by atomic mass is 35.5. The maximum Gasteiger partial charge on any atom is 0.242 e. The Kier molecular flexibility index (Phi) is 9.64. The summed E-state index contributed by atoms with van der Waals surface area (Å²) in [5, 5.41) is 0. The van der Waals surface area contributed by atoms with Gasteiger partial charge in [-0.1, -0.05) is 0 Å². The summed E-state index contributed by atoms with van der Waals surface area (Å²) in [6.45, 7) is 1.23. The molecule has 1 saturated heterocycles. The number of carbonyl (C=O) groups is 1. The molecular formula is C13H22Cl2N4O3S. The fourth-order valence-corrected chi connectivity index (χ4v) is 3.43. The van der Waals surface area contributed by atoms with Crippen LogP contribution in [-0.2, 0) is 14.8 Å². The topological polar surface area (TPSA) is 105 Å². The Hall–Kier alpha value is -0.930. The largest absolute Gasteiger partial charge is 0.338 e. The SMILES string of the molecule is Cl.Cl.NCC1CCCN1C(=O)CCNS(=O)(=O)c1cccnc1. The molecule has 1 aliphatic rings. The first-order valence-corrected chi connectivity index (χ1v) is 8.42. The van der Waals surface area contributed by atoms with Gasteiger partial charge in [0.2, 0.25) is 15.9 Å². The summed E-state index contributed by atoms with van der Waals surface area (Å²) < 4.78 is 26.3. The fraction of sp³-hybridized carbons (Fsp3) is 0.538. The smallest absolute Gasteiger partial charge is 0.242 e. The lowest BCUT2D eigenvalue weighted by Gasteiger charge is -2.23. The van der Waals surface area contributed by atoms with Crippen molar-refractivity contribution in [1.29, 1.82) is 0 Å². The molecule has 23 heavy (non-hydrogen) atoms. The van der Waals surface area contributed by atoms with E-state index >= 15 is 0 Å². The summed E-state index contributed by atoms with van der Waals surface area (Å²) in [6, 6.07) is 3.10. The average Bonchev–Trinajstić information content (AvgIpc) is 2.96. The molecule has 0 aromatic carbocycles. The molecule has 0 bridgehead atoms. The molecule has 1 amide bonds. The lowest BCUT2D eigenvalue weighted by Crippen LogP contribution is -2.41. The van der Waals surface area contributed by atoms with E-state index in [1.807, 2.05) is 0 Å². The Balaban J connectivity index is 0.00000242. The van der Waals surface area contributed by atoms with E-state index in [9.17, 15) is 13.2 Å². The molecule has 0 spiro atoms. The fourth-order valence-electron chi connectivity index (χ4n) is 2.43. The summed E-state index contributed by atoms with van der Waals surface area (Å²) in [4.78, 5) is 17.7. The van der Waals surface area contributed by atoms with Gasteiger partial charge in [-0.3, -0.25) is 9.78 Å². The first kappa shape index (κ1) is 22.1. The van der Waals surface area contributed by atoms with Gasteiger partial charge < -0.3 is 10.6 Å². The molecule has 1 aliphatic heterocycles. The van der Waals surface area contributed by atoms with Crippen molar-refractivity contribution in [2.45, 2.75) is 30.2 Å². The molecule has 0 aliphatic carbocycles. The Labute approximate surface area is 148 Å². The van der Waals surface area contributed by atoms with Crippen LogP contribution in [0.5, 0.6) is 0 Å². The van der Waals surface area contributed by atoms with Crippen LogP contribution in [0.3, 0.4) is 0 Å². The number of likely N-dealkylation sites (tertiary alicyclic amines) is 1.